The Balaban J connectivity index is 2.11. The van der Waals surface area contributed by atoms with Gasteiger partial charge in [0, 0.05) is 6.07 Å². The Morgan fingerprint density at radius 3 is 3.00 bits per heavy atom. The molecule has 3 rings (SSSR count). The van der Waals surface area contributed by atoms with Crippen molar-refractivity contribution in [2.75, 3.05) is 0 Å². The summed E-state index contributed by atoms with van der Waals surface area (Å²) >= 11 is 1.25. The minimum Gasteiger partial charge on any atom is -0.361 e. The van der Waals surface area contributed by atoms with Crippen LogP contribution in [0, 0.1) is 6.92 Å². The maximum atomic E-state index is 11.9. The first-order chi connectivity index (χ1) is 8.24. The fraction of sp³-hybridized carbons (Fsp3) is 0.167. The lowest BCUT2D eigenvalue weighted by Crippen LogP contribution is -2.13. The molecular weight excluding hydrogens is 236 g/mol. The molecule has 0 spiro atoms. The second kappa shape index (κ2) is 3.85. The Morgan fingerprint density at radius 1 is 1.41 bits per heavy atom. The molecule has 5 heteroatoms. The van der Waals surface area contributed by atoms with Crippen LogP contribution >= 0.6 is 11.3 Å². The second-order valence-corrected chi connectivity index (χ2v) is 4.84. The third-order valence-electron chi connectivity index (χ3n) is 2.57. The highest BCUT2D eigenvalue weighted by atomic mass is 32.1. The van der Waals surface area contributed by atoms with Gasteiger partial charge in [0.2, 0.25) is 0 Å². The van der Waals surface area contributed by atoms with Crippen LogP contribution in [-0.4, -0.2) is 9.72 Å². The predicted octanol–water partition coefficient (Wildman–Crippen LogP) is 2.41. The number of aromatic nitrogens is 2. The van der Waals surface area contributed by atoms with E-state index in [9.17, 15) is 4.79 Å². The van der Waals surface area contributed by atoms with Crippen molar-refractivity contribution in [1.82, 2.24) is 9.72 Å². The molecule has 3 aromatic rings. The molecule has 2 aromatic heterocycles. The highest BCUT2D eigenvalue weighted by Crippen LogP contribution is 2.17. The third kappa shape index (κ3) is 1.78. The number of nitrogens with zero attached hydrogens (tertiary/aromatic N) is 2. The number of thiazole rings is 1. The van der Waals surface area contributed by atoms with Gasteiger partial charge >= 0.3 is 4.87 Å². The highest BCUT2D eigenvalue weighted by Gasteiger charge is 2.09. The lowest BCUT2D eigenvalue weighted by Gasteiger charge is -1.99. The Kier molecular flexibility index (Phi) is 2.33. The summed E-state index contributed by atoms with van der Waals surface area (Å²) in [5.41, 5.74) is 1.72. The number of fused-ring (bicyclic) bond motifs is 1. The average molecular weight is 246 g/mol. The molecule has 2 heterocycles. The van der Waals surface area contributed by atoms with E-state index in [0.717, 1.165) is 21.7 Å². The molecule has 0 radical (unpaired) electrons. The molecule has 0 aliphatic rings. The van der Waals surface area contributed by atoms with Gasteiger partial charge in [0.25, 0.3) is 0 Å². The molecule has 17 heavy (non-hydrogen) atoms. The number of para-hydroxylation sites is 1. The molecule has 0 N–H and O–H groups in total. The van der Waals surface area contributed by atoms with Gasteiger partial charge in [-0.2, -0.15) is 0 Å². The molecular formula is C12H10N2O2S. The molecule has 86 valence electrons. The molecule has 0 aliphatic heterocycles. The van der Waals surface area contributed by atoms with Crippen molar-refractivity contribution in [2.24, 2.45) is 0 Å². The van der Waals surface area contributed by atoms with Crippen LogP contribution in [-0.2, 0) is 6.54 Å². The first kappa shape index (κ1) is 10.3. The van der Waals surface area contributed by atoms with E-state index in [0.29, 0.717) is 6.54 Å². The van der Waals surface area contributed by atoms with Gasteiger partial charge in [-0.15, -0.1) is 0 Å². The van der Waals surface area contributed by atoms with E-state index in [2.05, 4.69) is 5.16 Å². The first-order valence-corrected chi connectivity index (χ1v) is 6.06. The maximum absolute atomic E-state index is 11.9. The van der Waals surface area contributed by atoms with Crippen molar-refractivity contribution in [2.45, 2.75) is 13.5 Å². The molecule has 0 saturated carbocycles. The second-order valence-electron chi connectivity index (χ2n) is 3.85. The number of benzene rings is 1. The summed E-state index contributed by atoms with van der Waals surface area (Å²) in [5, 5.41) is 3.91. The summed E-state index contributed by atoms with van der Waals surface area (Å²) in [7, 11) is 0. The van der Waals surface area contributed by atoms with Crippen molar-refractivity contribution in [3.05, 3.63) is 51.5 Å². The molecule has 0 atom stereocenters. The first-order valence-electron chi connectivity index (χ1n) is 5.24. The highest BCUT2D eigenvalue weighted by molar-refractivity contribution is 7.16. The van der Waals surface area contributed by atoms with Crippen molar-refractivity contribution >= 4 is 21.6 Å². The zero-order valence-electron chi connectivity index (χ0n) is 9.21. The number of aryl methyl sites for hydroxylation is 1. The lowest BCUT2D eigenvalue weighted by atomic mass is 10.3. The van der Waals surface area contributed by atoms with E-state index in [1.165, 1.54) is 11.3 Å². The van der Waals surface area contributed by atoms with Gasteiger partial charge in [-0.1, -0.05) is 28.6 Å². The monoisotopic (exact) mass is 246 g/mol. The molecule has 1 aromatic carbocycles. The van der Waals surface area contributed by atoms with Crippen LogP contribution in [0.15, 0.2) is 39.6 Å². The standard InChI is InChI=1S/C12H10N2O2S/c1-8-6-9(13-16-8)7-14-10-4-2-3-5-11(10)17-12(14)15/h2-6H,7H2,1H3. The van der Waals surface area contributed by atoms with E-state index < -0.39 is 0 Å². The van der Waals surface area contributed by atoms with Crippen LogP contribution in [0.3, 0.4) is 0 Å². The van der Waals surface area contributed by atoms with Crippen molar-refractivity contribution in [1.29, 1.82) is 0 Å². The zero-order chi connectivity index (χ0) is 11.8. The summed E-state index contributed by atoms with van der Waals surface area (Å²) in [6.07, 6.45) is 0. The van der Waals surface area contributed by atoms with Crippen molar-refractivity contribution < 1.29 is 4.52 Å². The number of hydrogen-bond acceptors (Lipinski definition) is 4. The van der Waals surface area contributed by atoms with E-state index in [-0.39, 0.29) is 4.87 Å². The topological polar surface area (TPSA) is 48.0 Å². The molecule has 0 unspecified atom stereocenters. The summed E-state index contributed by atoms with van der Waals surface area (Å²) < 4.78 is 7.72. The Labute approximate surface area is 101 Å². The summed E-state index contributed by atoms with van der Waals surface area (Å²) in [4.78, 5) is 11.9. The van der Waals surface area contributed by atoms with Gasteiger partial charge in [0.05, 0.1) is 16.8 Å². The van der Waals surface area contributed by atoms with Crippen molar-refractivity contribution in [3.63, 3.8) is 0 Å². The van der Waals surface area contributed by atoms with E-state index in [1.54, 1.807) is 4.57 Å². The SMILES string of the molecule is Cc1cc(Cn2c(=O)sc3ccccc32)no1. The largest absolute Gasteiger partial charge is 0.361 e. The smallest absolute Gasteiger partial charge is 0.308 e. The van der Waals surface area contributed by atoms with E-state index in [1.807, 2.05) is 37.3 Å². The Morgan fingerprint density at radius 2 is 2.24 bits per heavy atom. The summed E-state index contributed by atoms with van der Waals surface area (Å²) in [5.74, 6) is 0.757. The number of rotatable bonds is 2. The van der Waals surface area contributed by atoms with Crippen LogP contribution in [0.2, 0.25) is 0 Å². The lowest BCUT2D eigenvalue weighted by molar-refractivity contribution is 0.389. The van der Waals surface area contributed by atoms with Gasteiger partial charge < -0.3 is 4.52 Å². The zero-order valence-corrected chi connectivity index (χ0v) is 10.0. The molecule has 0 bridgehead atoms. The molecule has 0 saturated heterocycles. The van der Waals surface area contributed by atoms with Gasteiger partial charge in [-0.05, 0) is 19.1 Å². The van der Waals surface area contributed by atoms with Crippen LogP contribution < -0.4 is 4.87 Å². The normalized spacial score (nSPS) is 11.1. The van der Waals surface area contributed by atoms with Crippen LogP contribution in [0.25, 0.3) is 10.2 Å². The Bertz CT molecular complexity index is 723. The van der Waals surface area contributed by atoms with Gasteiger partial charge in [-0.25, -0.2) is 0 Å². The third-order valence-corrected chi connectivity index (χ3v) is 3.53. The van der Waals surface area contributed by atoms with E-state index >= 15 is 0 Å². The molecule has 4 nitrogen and oxygen atoms in total. The molecule has 0 amide bonds. The van der Waals surface area contributed by atoms with Gasteiger partial charge in [0.1, 0.15) is 11.5 Å². The Hall–Kier alpha value is -1.88. The minimum absolute atomic E-state index is 0.0341. The molecule has 0 aliphatic carbocycles. The molecule has 0 fully saturated rings. The van der Waals surface area contributed by atoms with Crippen LogP contribution in [0.5, 0.6) is 0 Å². The van der Waals surface area contributed by atoms with Gasteiger partial charge in [-0.3, -0.25) is 9.36 Å². The minimum atomic E-state index is 0.0341. The van der Waals surface area contributed by atoms with Crippen LogP contribution in [0.4, 0.5) is 0 Å². The summed E-state index contributed by atoms with van der Waals surface area (Å²) in [6, 6.07) is 9.60. The maximum Gasteiger partial charge on any atom is 0.308 e. The van der Waals surface area contributed by atoms with Crippen LogP contribution in [0.1, 0.15) is 11.5 Å². The number of hydrogen-bond donors (Lipinski definition) is 0. The van der Waals surface area contributed by atoms with Crippen molar-refractivity contribution in [3.8, 4) is 0 Å². The predicted molar refractivity (Wildman–Crippen MR) is 66.4 cm³/mol. The quantitative estimate of drug-likeness (QED) is 0.697. The fourth-order valence-corrected chi connectivity index (χ4v) is 2.71. The summed E-state index contributed by atoms with van der Waals surface area (Å²) in [6.45, 7) is 2.30. The fourth-order valence-electron chi connectivity index (χ4n) is 1.82. The average Bonchev–Trinajstić information content (AvgIpc) is 2.85. The van der Waals surface area contributed by atoms with Gasteiger partial charge in [0.15, 0.2) is 0 Å². The van der Waals surface area contributed by atoms with E-state index in [4.69, 9.17) is 4.52 Å².